The molecular weight excluding hydrogens is 388 g/mol. The highest BCUT2D eigenvalue weighted by Crippen LogP contribution is 2.34. The largest absolute Gasteiger partial charge is 0.480 e. The Kier molecular flexibility index (Phi) is 7.01. The molecule has 1 fully saturated rings. The molecule has 154 valence electrons. The minimum absolute atomic E-state index is 0.183. The molecule has 0 aliphatic carbocycles. The molecule has 0 aromatic heterocycles. The Labute approximate surface area is 155 Å². The number of hydrogen-bond acceptors (Lipinski definition) is 9. The molecule has 0 unspecified atom stereocenters. The average Bonchev–Trinajstić information content (AvgIpc) is 2.55. The lowest BCUT2D eigenvalue weighted by Crippen LogP contribution is -2.81. The van der Waals surface area contributed by atoms with Crippen LogP contribution in [0.15, 0.2) is 0 Å². The van der Waals surface area contributed by atoms with Gasteiger partial charge in [0.1, 0.15) is 6.04 Å². The lowest BCUT2D eigenvalue weighted by Gasteiger charge is -2.51. The van der Waals surface area contributed by atoms with E-state index in [0.717, 1.165) is 7.11 Å². The molecule has 14 heteroatoms. The van der Waals surface area contributed by atoms with Gasteiger partial charge in [0.25, 0.3) is 5.91 Å². The van der Waals surface area contributed by atoms with Crippen LogP contribution in [-0.4, -0.2) is 77.0 Å². The van der Waals surface area contributed by atoms with Crippen LogP contribution < -0.4 is 16.4 Å². The van der Waals surface area contributed by atoms with E-state index >= 15 is 0 Å². The number of nitrogens with one attached hydrogen (secondary N) is 2. The van der Waals surface area contributed by atoms with Crippen molar-refractivity contribution >= 4 is 34.0 Å². The topological polar surface area (TPSA) is 205 Å². The Balaban J connectivity index is 2.70. The molecule has 1 rings (SSSR count). The number of imide groups is 1. The first-order valence-electron chi connectivity index (χ1n) is 7.74. The van der Waals surface area contributed by atoms with Gasteiger partial charge in [0.2, 0.25) is 17.5 Å². The summed E-state index contributed by atoms with van der Waals surface area (Å²) in [6.45, 7) is 2.57. The molecule has 1 aliphatic rings. The molecule has 1 heterocycles. The van der Waals surface area contributed by atoms with E-state index in [0.29, 0.717) is 0 Å². The van der Waals surface area contributed by atoms with Gasteiger partial charge in [0.15, 0.2) is 0 Å². The number of amides is 3. The molecule has 0 saturated carbocycles. The lowest BCUT2D eigenvalue weighted by molar-refractivity contribution is -0.193. The van der Waals surface area contributed by atoms with E-state index in [-0.39, 0.29) is 17.1 Å². The Morgan fingerprint density at radius 2 is 1.96 bits per heavy atom. The van der Waals surface area contributed by atoms with Crippen LogP contribution in [0.2, 0.25) is 0 Å². The number of nitrogens with zero attached hydrogens (tertiary/aromatic N) is 1. The van der Waals surface area contributed by atoms with Gasteiger partial charge in [-0.15, -0.1) is 0 Å². The highest BCUT2D eigenvalue weighted by Gasteiger charge is 2.64. The molecule has 0 radical (unpaired) electrons. The normalized spacial score (nSPS) is 24.7. The number of carbonyl (C=O) groups is 4. The fourth-order valence-electron chi connectivity index (χ4n) is 2.53. The van der Waals surface area contributed by atoms with E-state index in [9.17, 15) is 27.6 Å². The van der Waals surface area contributed by atoms with Gasteiger partial charge in [-0.1, -0.05) is 0 Å². The Bertz CT molecular complexity index is 740. The number of rotatable bonds is 9. The van der Waals surface area contributed by atoms with Crippen LogP contribution in [0, 0.1) is 0 Å². The fraction of sp³-hybridized carbons (Fsp3) is 0.692. The predicted octanol–water partition coefficient (Wildman–Crippen LogP) is -2.82. The third-order valence-corrected chi connectivity index (χ3v) is 5.09. The number of carboxylic acid groups (broad SMARTS) is 1. The summed E-state index contributed by atoms with van der Waals surface area (Å²) >= 11 is 0. The summed E-state index contributed by atoms with van der Waals surface area (Å²) in [5, 5.41) is 13.1. The summed E-state index contributed by atoms with van der Waals surface area (Å²) in [4.78, 5) is 46.5. The zero-order valence-electron chi connectivity index (χ0n) is 14.8. The summed E-state index contributed by atoms with van der Waals surface area (Å²) in [7, 11) is -3.69. The van der Waals surface area contributed by atoms with Crippen LogP contribution >= 0.6 is 0 Å². The van der Waals surface area contributed by atoms with Gasteiger partial charge >= 0.3 is 16.3 Å². The third-order valence-electron chi connectivity index (χ3n) is 4.11. The Hall–Kier alpha value is -2.13. The van der Waals surface area contributed by atoms with Crippen LogP contribution in [0.5, 0.6) is 0 Å². The second kappa shape index (κ2) is 8.26. The summed E-state index contributed by atoms with van der Waals surface area (Å²) < 4.78 is 36.6. The zero-order valence-corrected chi connectivity index (χ0v) is 15.6. The van der Waals surface area contributed by atoms with E-state index in [4.69, 9.17) is 20.1 Å². The van der Waals surface area contributed by atoms with E-state index in [2.05, 4.69) is 5.32 Å². The third kappa shape index (κ3) is 4.78. The molecule has 3 amide bonds. The molecular formula is C13H22N4O9S. The predicted molar refractivity (Wildman–Crippen MR) is 88.2 cm³/mol. The van der Waals surface area contributed by atoms with Crippen molar-refractivity contribution in [3.05, 3.63) is 0 Å². The second-order valence-corrected chi connectivity index (χ2v) is 7.25. The quantitative estimate of drug-likeness (QED) is 0.149. The van der Waals surface area contributed by atoms with Crippen molar-refractivity contribution in [2.24, 2.45) is 5.73 Å². The maximum Gasteiger partial charge on any atom is 0.362 e. The van der Waals surface area contributed by atoms with Gasteiger partial charge < -0.3 is 15.6 Å². The number of β-lactam (4-membered cyclic amide) rings is 1. The van der Waals surface area contributed by atoms with Crippen molar-refractivity contribution in [3.8, 4) is 0 Å². The monoisotopic (exact) mass is 410 g/mol. The van der Waals surface area contributed by atoms with E-state index in [1.54, 1.807) is 0 Å². The maximum absolute atomic E-state index is 12.1. The molecule has 0 aromatic rings. The van der Waals surface area contributed by atoms with Gasteiger partial charge in [-0.3, -0.25) is 34.4 Å². The smallest absolute Gasteiger partial charge is 0.362 e. The van der Waals surface area contributed by atoms with Gasteiger partial charge in [-0.2, -0.15) is 8.42 Å². The molecule has 1 saturated heterocycles. The summed E-state index contributed by atoms with van der Waals surface area (Å²) in [5.74, 6) is -4.04. The Morgan fingerprint density at radius 3 is 2.37 bits per heavy atom. The van der Waals surface area contributed by atoms with Crippen LogP contribution in [0.4, 0.5) is 0 Å². The van der Waals surface area contributed by atoms with Gasteiger partial charge in [-0.05, 0) is 20.3 Å². The average molecular weight is 410 g/mol. The number of carboxylic acids is 1. The highest BCUT2D eigenvalue weighted by atomic mass is 32.2. The Morgan fingerprint density at radius 1 is 1.41 bits per heavy atom. The minimum Gasteiger partial charge on any atom is -0.480 e. The molecule has 4 atom stereocenters. The molecule has 0 spiro atoms. The summed E-state index contributed by atoms with van der Waals surface area (Å²) in [6, 6.07) is -3.58. The molecule has 27 heavy (non-hydrogen) atoms. The number of aliphatic carboxylic acids is 1. The molecule has 0 aromatic carbocycles. The van der Waals surface area contributed by atoms with Crippen molar-refractivity contribution in [1.29, 1.82) is 0 Å². The van der Waals surface area contributed by atoms with E-state index in [1.165, 1.54) is 13.8 Å². The van der Waals surface area contributed by atoms with Gasteiger partial charge in [0.05, 0.1) is 12.1 Å². The maximum atomic E-state index is 12.1. The molecule has 1 aliphatic heterocycles. The van der Waals surface area contributed by atoms with Crippen molar-refractivity contribution in [2.75, 3.05) is 7.11 Å². The SMILES string of the molecule is CO[C@@]1(N[C@H](C)C(=O)NC(=O)CC[C@H](N)C(=O)O)C(=O)N(S(=O)(=O)O)[C@@H]1C. The van der Waals surface area contributed by atoms with Crippen LogP contribution in [0.1, 0.15) is 26.7 Å². The number of hydrogen-bond donors (Lipinski definition) is 5. The summed E-state index contributed by atoms with van der Waals surface area (Å²) in [5.41, 5.74) is 3.37. The first-order valence-corrected chi connectivity index (χ1v) is 9.13. The van der Waals surface area contributed by atoms with Crippen molar-refractivity contribution < 1.29 is 42.0 Å². The minimum atomic E-state index is -4.79. The number of ether oxygens (including phenoxy) is 1. The number of nitrogens with two attached hydrogens (primary N) is 1. The number of carbonyl (C=O) groups excluding carboxylic acids is 3. The first kappa shape index (κ1) is 22.9. The van der Waals surface area contributed by atoms with E-state index < -0.39 is 57.8 Å². The molecule has 13 nitrogen and oxygen atoms in total. The lowest BCUT2D eigenvalue weighted by atomic mass is 9.94. The van der Waals surface area contributed by atoms with Crippen LogP contribution in [0.3, 0.4) is 0 Å². The van der Waals surface area contributed by atoms with Crippen molar-refractivity contribution in [2.45, 2.75) is 50.5 Å². The van der Waals surface area contributed by atoms with Crippen LogP contribution in [0.25, 0.3) is 0 Å². The molecule has 6 N–H and O–H groups in total. The fourth-order valence-corrected chi connectivity index (χ4v) is 3.42. The molecule has 0 bridgehead atoms. The zero-order chi connectivity index (χ0) is 21.2. The van der Waals surface area contributed by atoms with Crippen molar-refractivity contribution in [1.82, 2.24) is 14.9 Å². The van der Waals surface area contributed by atoms with E-state index in [1.807, 2.05) is 5.32 Å². The first-order chi connectivity index (χ1) is 12.3. The van der Waals surface area contributed by atoms with Gasteiger partial charge in [-0.25, -0.2) is 4.31 Å². The summed E-state index contributed by atoms with van der Waals surface area (Å²) in [6.07, 6.45) is -0.496. The highest BCUT2D eigenvalue weighted by molar-refractivity contribution is 7.84. The second-order valence-electron chi connectivity index (χ2n) is 5.96. The van der Waals surface area contributed by atoms with Crippen LogP contribution in [-0.2, 0) is 34.2 Å². The van der Waals surface area contributed by atoms with Crippen molar-refractivity contribution in [3.63, 3.8) is 0 Å². The standard InChI is InChI=1S/C13H22N4O9S/c1-6(10(19)15-9(18)5-4-8(14)11(20)21)16-13(26-3)7(2)17(12(13)22)27(23,24)25/h6-8,16H,4-5,14H2,1-3H3,(H,20,21)(H,15,18,19)(H,23,24,25)/t6-,7-,8+,13-/m1/s1. The van der Waals surface area contributed by atoms with Gasteiger partial charge in [0, 0.05) is 13.5 Å². The number of methoxy groups -OCH3 is 1.